The molecule has 0 saturated carbocycles. The summed E-state index contributed by atoms with van der Waals surface area (Å²) in [7, 11) is 0. The van der Waals surface area contributed by atoms with Crippen molar-refractivity contribution in [1.29, 1.82) is 0 Å². The van der Waals surface area contributed by atoms with Crippen molar-refractivity contribution in [2.45, 2.75) is 6.42 Å². The molecule has 0 aromatic heterocycles. The maximum absolute atomic E-state index is 12.4. The van der Waals surface area contributed by atoms with Crippen molar-refractivity contribution in [1.82, 2.24) is 16.2 Å². The molecule has 0 aliphatic carbocycles. The van der Waals surface area contributed by atoms with Crippen molar-refractivity contribution in [3.63, 3.8) is 0 Å². The first kappa shape index (κ1) is 24.7. The molecule has 0 fully saturated rings. The third-order valence-electron chi connectivity index (χ3n) is 5.27. The van der Waals surface area contributed by atoms with Crippen LogP contribution in [0.15, 0.2) is 97.1 Å². The molecule has 36 heavy (non-hydrogen) atoms. The molecule has 0 radical (unpaired) electrons. The van der Waals surface area contributed by atoms with Crippen LogP contribution in [0.4, 0.5) is 0 Å². The van der Waals surface area contributed by atoms with E-state index in [1.54, 1.807) is 30.3 Å². The van der Waals surface area contributed by atoms with Crippen LogP contribution in [0.25, 0.3) is 10.8 Å². The van der Waals surface area contributed by atoms with Crippen LogP contribution >= 0.6 is 12.2 Å². The summed E-state index contributed by atoms with van der Waals surface area (Å²) in [5, 5.41) is 4.41. The molecule has 7 nitrogen and oxygen atoms in total. The summed E-state index contributed by atoms with van der Waals surface area (Å²) in [4.78, 5) is 24.6. The monoisotopic (exact) mass is 499 g/mol. The number of hydrogen-bond donors (Lipinski definition) is 3. The van der Waals surface area contributed by atoms with E-state index in [2.05, 4.69) is 16.2 Å². The van der Waals surface area contributed by atoms with Gasteiger partial charge < -0.3 is 9.47 Å². The zero-order valence-corrected chi connectivity index (χ0v) is 20.2. The predicted octanol–water partition coefficient (Wildman–Crippen LogP) is 4.18. The molecular weight excluding hydrogens is 474 g/mol. The fraction of sp³-hybridized carbons (Fsp3) is 0.107. The number of thiocarbonyl (C=S) groups is 1. The van der Waals surface area contributed by atoms with E-state index in [9.17, 15) is 9.59 Å². The van der Waals surface area contributed by atoms with Gasteiger partial charge in [-0.05, 0) is 53.5 Å². The number of benzene rings is 4. The van der Waals surface area contributed by atoms with E-state index in [1.165, 1.54) is 5.56 Å². The number of nitrogens with one attached hydrogen (secondary N) is 3. The Kier molecular flexibility index (Phi) is 8.45. The van der Waals surface area contributed by atoms with Crippen LogP contribution < -0.4 is 25.6 Å². The minimum absolute atomic E-state index is 0.0401. The number of ether oxygens (including phenoxy) is 2. The van der Waals surface area contributed by atoms with Gasteiger partial charge in [-0.3, -0.25) is 25.8 Å². The summed E-state index contributed by atoms with van der Waals surface area (Å²) in [6, 6.07) is 30.2. The molecule has 4 aromatic carbocycles. The summed E-state index contributed by atoms with van der Waals surface area (Å²) in [5.41, 5.74) is 6.52. The van der Waals surface area contributed by atoms with Crippen LogP contribution in [0.1, 0.15) is 15.9 Å². The molecule has 8 heteroatoms. The molecule has 0 saturated heterocycles. The van der Waals surface area contributed by atoms with Crippen molar-refractivity contribution >= 4 is 39.9 Å². The van der Waals surface area contributed by atoms with Gasteiger partial charge >= 0.3 is 0 Å². The van der Waals surface area contributed by atoms with Gasteiger partial charge in [0.25, 0.3) is 11.8 Å². The largest absolute Gasteiger partial charge is 0.493 e. The Morgan fingerprint density at radius 2 is 1.47 bits per heavy atom. The summed E-state index contributed by atoms with van der Waals surface area (Å²) >= 11 is 5.10. The summed E-state index contributed by atoms with van der Waals surface area (Å²) < 4.78 is 11.4. The van der Waals surface area contributed by atoms with Crippen molar-refractivity contribution in [2.24, 2.45) is 0 Å². The molecule has 2 amide bonds. The standard InChI is InChI=1S/C28H25N3O4S/c32-26(19-35-25-12-6-10-21-9-4-5-11-24(21)25)30-31-28(36)29-27(33)22-13-15-23(16-14-22)34-18-17-20-7-2-1-3-8-20/h1-16H,17-19H2,(H,30,32)(H2,29,31,33,36). The van der Waals surface area contributed by atoms with E-state index in [-0.39, 0.29) is 11.7 Å². The van der Waals surface area contributed by atoms with Crippen LogP contribution in [-0.4, -0.2) is 30.1 Å². The van der Waals surface area contributed by atoms with Gasteiger partial charge in [0.05, 0.1) is 6.61 Å². The summed E-state index contributed by atoms with van der Waals surface area (Å²) in [5.74, 6) is 0.411. The average molecular weight is 500 g/mol. The third kappa shape index (κ3) is 7.04. The van der Waals surface area contributed by atoms with E-state index < -0.39 is 11.8 Å². The highest BCUT2D eigenvalue weighted by atomic mass is 32.1. The zero-order valence-electron chi connectivity index (χ0n) is 19.4. The molecule has 0 unspecified atom stereocenters. The molecule has 0 heterocycles. The summed E-state index contributed by atoms with van der Waals surface area (Å²) in [6.45, 7) is 0.316. The third-order valence-corrected chi connectivity index (χ3v) is 5.47. The highest BCUT2D eigenvalue weighted by Crippen LogP contribution is 2.24. The lowest BCUT2D eigenvalue weighted by Gasteiger charge is -2.12. The lowest BCUT2D eigenvalue weighted by molar-refractivity contribution is -0.123. The molecule has 0 atom stereocenters. The first-order valence-electron chi connectivity index (χ1n) is 11.4. The minimum atomic E-state index is -0.448. The Hall–Kier alpha value is -4.43. The van der Waals surface area contributed by atoms with Crippen molar-refractivity contribution in [3.8, 4) is 11.5 Å². The number of hydrogen-bond acceptors (Lipinski definition) is 5. The Labute approximate surface area is 214 Å². The van der Waals surface area contributed by atoms with Gasteiger partial charge in [0.2, 0.25) is 0 Å². The molecule has 0 aliphatic rings. The second-order valence-corrected chi connectivity index (χ2v) is 8.24. The number of amides is 2. The lowest BCUT2D eigenvalue weighted by atomic mass is 10.1. The van der Waals surface area contributed by atoms with E-state index in [4.69, 9.17) is 21.7 Å². The lowest BCUT2D eigenvalue weighted by Crippen LogP contribution is -2.49. The van der Waals surface area contributed by atoms with E-state index in [0.29, 0.717) is 23.7 Å². The quantitative estimate of drug-likeness (QED) is 0.249. The Bertz CT molecular complexity index is 1340. The number of carbonyl (C=O) groups excluding carboxylic acids is 2. The average Bonchev–Trinajstić information content (AvgIpc) is 2.91. The Morgan fingerprint density at radius 3 is 2.28 bits per heavy atom. The highest BCUT2D eigenvalue weighted by molar-refractivity contribution is 7.80. The fourth-order valence-corrected chi connectivity index (χ4v) is 3.61. The van der Waals surface area contributed by atoms with Gasteiger partial charge in [-0.25, -0.2) is 0 Å². The minimum Gasteiger partial charge on any atom is -0.493 e. The topological polar surface area (TPSA) is 88.7 Å². The van der Waals surface area contributed by atoms with Crippen LogP contribution in [0.2, 0.25) is 0 Å². The van der Waals surface area contributed by atoms with Gasteiger partial charge in [0.1, 0.15) is 11.5 Å². The normalized spacial score (nSPS) is 10.3. The second-order valence-electron chi connectivity index (χ2n) is 7.83. The predicted molar refractivity (Wildman–Crippen MR) is 143 cm³/mol. The highest BCUT2D eigenvalue weighted by Gasteiger charge is 2.10. The first-order chi connectivity index (χ1) is 17.6. The smallest absolute Gasteiger partial charge is 0.276 e. The van der Waals surface area contributed by atoms with Gasteiger partial charge in [-0.15, -0.1) is 0 Å². The molecule has 4 aromatic rings. The maximum atomic E-state index is 12.4. The molecule has 0 spiro atoms. The summed E-state index contributed by atoms with van der Waals surface area (Å²) in [6.07, 6.45) is 0.793. The van der Waals surface area contributed by atoms with Crippen molar-refractivity contribution in [3.05, 3.63) is 108 Å². The second kappa shape index (κ2) is 12.3. The van der Waals surface area contributed by atoms with Crippen LogP contribution in [0.5, 0.6) is 11.5 Å². The van der Waals surface area contributed by atoms with Gasteiger partial charge in [-0.2, -0.15) is 0 Å². The number of carbonyl (C=O) groups is 2. The Morgan fingerprint density at radius 1 is 0.750 bits per heavy atom. The zero-order chi connectivity index (χ0) is 25.2. The van der Waals surface area contributed by atoms with E-state index in [1.807, 2.05) is 66.7 Å². The maximum Gasteiger partial charge on any atom is 0.276 e. The van der Waals surface area contributed by atoms with Gasteiger partial charge in [0.15, 0.2) is 11.7 Å². The molecule has 3 N–H and O–H groups in total. The van der Waals surface area contributed by atoms with E-state index >= 15 is 0 Å². The SMILES string of the molecule is O=C(COc1cccc2ccccc12)NNC(=S)NC(=O)c1ccc(OCCc2ccccc2)cc1. The number of rotatable bonds is 8. The van der Waals surface area contributed by atoms with Crippen LogP contribution in [0.3, 0.4) is 0 Å². The molecule has 0 aliphatic heterocycles. The van der Waals surface area contributed by atoms with Gasteiger partial charge in [-0.1, -0.05) is 66.7 Å². The Balaban J connectivity index is 1.18. The van der Waals surface area contributed by atoms with Gasteiger partial charge in [0, 0.05) is 17.4 Å². The van der Waals surface area contributed by atoms with Crippen molar-refractivity contribution < 1.29 is 19.1 Å². The molecule has 182 valence electrons. The van der Waals surface area contributed by atoms with Crippen molar-refractivity contribution in [2.75, 3.05) is 13.2 Å². The first-order valence-corrected chi connectivity index (χ1v) is 11.8. The number of fused-ring (bicyclic) bond motifs is 1. The van der Waals surface area contributed by atoms with Crippen LogP contribution in [-0.2, 0) is 11.2 Å². The molecule has 0 bridgehead atoms. The molecular formula is C28H25N3O4S. The fourth-order valence-electron chi connectivity index (χ4n) is 3.47. The molecule has 4 rings (SSSR count). The van der Waals surface area contributed by atoms with Crippen LogP contribution in [0, 0.1) is 0 Å². The number of hydrazine groups is 1. The van der Waals surface area contributed by atoms with E-state index in [0.717, 1.165) is 17.2 Å².